The molecule has 0 radical (unpaired) electrons. The van der Waals surface area contributed by atoms with Gasteiger partial charge in [0.15, 0.2) is 5.78 Å². The zero-order valence-electron chi connectivity index (χ0n) is 7.88. The van der Waals surface area contributed by atoms with Gasteiger partial charge in [-0.25, -0.2) is 0 Å². The Morgan fingerprint density at radius 1 is 1.00 bits per heavy atom. The summed E-state index contributed by atoms with van der Waals surface area (Å²) in [6.45, 7) is 7.69. The lowest BCUT2D eigenvalue weighted by molar-refractivity contribution is -0.121. The van der Waals surface area contributed by atoms with Crippen LogP contribution >= 0.6 is 0 Å². The van der Waals surface area contributed by atoms with Gasteiger partial charge in [0.1, 0.15) is 12.2 Å². The first-order valence-corrected chi connectivity index (χ1v) is 4.24. The van der Waals surface area contributed by atoms with Crippen LogP contribution in [0.1, 0.15) is 27.7 Å². The molecule has 2 unspecified atom stereocenters. The molecule has 12 heavy (non-hydrogen) atoms. The molecule has 3 nitrogen and oxygen atoms in total. The Hall–Kier alpha value is -0.410. The molecule has 0 amide bonds. The highest BCUT2D eigenvalue weighted by Crippen LogP contribution is 2.44. The van der Waals surface area contributed by atoms with Crippen LogP contribution in [0.4, 0.5) is 0 Å². The smallest absolute Gasteiger partial charge is 0.196 e. The third-order valence-corrected chi connectivity index (χ3v) is 2.51. The Balaban J connectivity index is 1.97. The lowest BCUT2D eigenvalue weighted by atomic mass is 10.00. The molecule has 2 atom stereocenters. The number of rotatable bonds is 2. The van der Waals surface area contributed by atoms with Crippen LogP contribution in [0.5, 0.6) is 0 Å². The average molecular weight is 170 g/mol. The Kier molecular flexibility index (Phi) is 1.30. The van der Waals surface area contributed by atoms with E-state index in [4.69, 9.17) is 9.47 Å². The molecule has 0 bridgehead atoms. The van der Waals surface area contributed by atoms with Crippen molar-refractivity contribution in [2.45, 2.75) is 51.1 Å². The molecule has 2 saturated heterocycles. The minimum absolute atomic E-state index is 0.102. The Morgan fingerprint density at radius 3 is 1.42 bits per heavy atom. The van der Waals surface area contributed by atoms with E-state index in [0.717, 1.165) is 0 Å². The van der Waals surface area contributed by atoms with E-state index in [1.165, 1.54) is 0 Å². The highest BCUT2D eigenvalue weighted by Gasteiger charge is 2.63. The molecule has 2 rings (SSSR count). The van der Waals surface area contributed by atoms with E-state index in [1.807, 2.05) is 27.7 Å². The zero-order valence-corrected chi connectivity index (χ0v) is 7.88. The SMILES string of the molecule is CC1(C)OC1C(=O)C1OC1(C)C. The second kappa shape index (κ2) is 1.91. The molecule has 2 heterocycles. The number of epoxide rings is 2. The van der Waals surface area contributed by atoms with Crippen LogP contribution in [0, 0.1) is 0 Å². The third kappa shape index (κ3) is 1.08. The fourth-order valence-corrected chi connectivity index (χ4v) is 1.48. The average Bonchev–Trinajstić information content (AvgIpc) is 2.70. The van der Waals surface area contributed by atoms with E-state index in [-0.39, 0.29) is 29.2 Å². The molecule has 2 aliphatic rings. The minimum Gasteiger partial charge on any atom is -0.358 e. The maximum atomic E-state index is 11.5. The van der Waals surface area contributed by atoms with Crippen LogP contribution in [0.15, 0.2) is 0 Å². The molecule has 0 saturated carbocycles. The summed E-state index contributed by atoms with van der Waals surface area (Å²) >= 11 is 0. The lowest BCUT2D eigenvalue weighted by Crippen LogP contribution is -2.23. The molecule has 0 aromatic rings. The van der Waals surface area contributed by atoms with E-state index in [1.54, 1.807) is 0 Å². The number of hydrogen-bond donors (Lipinski definition) is 0. The molecule has 0 N–H and O–H groups in total. The number of Topliss-reactive ketones (excluding diaryl/α,β-unsaturated/α-hetero) is 1. The standard InChI is InChI=1S/C9H14O3/c1-8(2)6(11-8)5(10)7-9(3,4)12-7/h6-7H,1-4H3. The van der Waals surface area contributed by atoms with E-state index >= 15 is 0 Å². The van der Waals surface area contributed by atoms with Gasteiger partial charge in [-0.1, -0.05) is 0 Å². The first-order chi connectivity index (χ1) is 5.34. The summed E-state index contributed by atoms with van der Waals surface area (Å²) in [5.74, 6) is 0.102. The van der Waals surface area contributed by atoms with Crippen molar-refractivity contribution >= 4 is 5.78 Å². The number of carbonyl (C=O) groups is 1. The van der Waals surface area contributed by atoms with Crippen molar-refractivity contribution in [3.8, 4) is 0 Å². The minimum atomic E-state index is -0.251. The van der Waals surface area contributed by atoms with E-state index in [0.29, 0.717) is 0 Å². The first-order valence-electron chi connectivity index (χ1n) is 4.24. The number of carbonyl (C=O) groups excluding carboxylic acids is 1. The monoisotopic (exact) mass is 170 g/mol. The summed E-state index contributed by atoms with van der Waals surface area (Å²) in [6, 6.07) is 0. The molecule has 0 aliphatic carbocycles. The summed E-state index contributed by atoms with van der Waals surface area (Å²) in [4.78, 5) is 11.5. The molecule has 68 valence electrons. The number of ketones is 1. The number of ether oxygens (including phenoxy) is 2. The topological polar surface area (TPSA) is 42.1 Å². The summed E-state index contributed by atoms with van der Waals surface area (Å²) in [6.07, 6.45) is -0.464. The fourth-order valence-electron chi connectivity index (χ4n) is 1.48. The Morgan fingerprint density at radius 2 is 1.25 bits per heavy atom. The van der Waals surface area contributed by atoms with Crippen LogP contribution in [0.25, 0.3) is 0 Å². The molecule has 2 aliphatic heterocycles. The fraction of sp³-hybridized carbons (Fsp3) is 0.889. The highest BCUT2D eigenvalue weighted by molar-refractivity contribution is 5.93. The maximum absolute atomic E-state index is 11.5. The highest BCUT2D eigenvalue weighted by atomic mass is 16.6. The van der Waals surface area contributed by atoms with Gasteiger partial charge in [0, 0.05) is 0 Å². The van der Waals surface area contributed by atoms with Gasteiger partial charge in [-0.2, -0.15) is 0 Å². The van der Waals surface area contributed by atoms with Crippen molar-refractivity contribution in [3.63, 3.8) is 0 Å². The summed E-state index contributed by atoms with van der Waals surface area (Å²) in [5, 5.41) is 0. The maximum Gasteiger partial charge on any atom is 0.196 e. The third-order valence-electron chi connectivity index (χ3n) is 2.51. The predicted molar refractivity (Wildman–Crippen MR) is 42.9 cm³/mol. The molecule has 0 aromatic carbocycles. The molecular weight excluding hydrogens is 156 g/mol. The zero-order chi connectivity index (χ0) is 9.15. The van der Waals surface area contributed by atoms with Gasteiger partial charge < -0.3 is 9.47 Å². The van der Waals surface area contributed by atoms with Crippen molar-refractivity contribution in [2.24, 2.45) is 0 Å². The number of hydrogen-bond acceptors (Lipinski definition) is 3. The molecule has 0 spiro atoms. The Labute approximate surface area is 72.0 Å². The second-order valence-electron chi connectivity index (χ2n) is 4.61. The van der Waals surface area contributed by atoms with Crippen molar-refractivity contribution in [2.75, 3.05) is 0 Å². The van der Waals surface area contributed by atoms with Gasteiger partial charge in [-0.15, -0.1) is 0 Å². The van der Waals surface area contributed by atoms with Crippen LogP contribution < -0.4 is 0 Å². The van der Waals surface area contributed by atoms with Gasteiger partial charge in [-0.05, 0) is 27.7 Å². The van der Waals surface area contributed by atoms with Crippen LogP contribution in [0.3, 0.4) is 0 Å². The van der Waals surface area contributed by atoms with Gasteiger partial charge >= 0.3 is 0 Å². The summed E-state index contributed by atoms with van der Waals surface area (Å²) in [7, 11) is 0. The molecule has 0 aromatic heterocycles. The molecule has 2 fully saturated rings. The van der Waals surface area contributed by atoms with Crippen LogP contribution in [0.2, 0.25) is 0 Å². The van der Waals surface area contributed by atoms with Crippen molar-refractivity contribution in [1.82, 2.24) is 0 Å². The predicted octanol–water partition coefficient (Wildman–Crippen LogP) is 0.910. The van der Waals surface area contributed by atoms with Crippen molar-refractivity contribution < 1.29 is 14.3 Å². The lowest BCUT2D eigenvalue weighted by Gasteiger charge is -1.94. The Bertz CT molecular complexity index is 218. The summed E-state index contributed by atoms with van der Waals surface area (Å²) in [5.41, 5.74) is -0.502. The largest absolute Gasteiger partial charge is 0.358 e. The van der Waals surface area contributed by atoms with Crippen LogP contribution in [-0.2, 0) is 14.3 Å². The van der Waals surface area contributed by atoms with Crippen molar-refractivity contribution in [1.29, 1.82) is 0 Å². The van der Waals surface area contributed by atoms with Gasteiger partial charge in [0.05, 0.1) is 11.2 Å². The van der Waals surface area contributed by atoms with E-state index in [9.17, 15) is 4.79 Å². The van der Waals surface area contributed by atoms with Crippen LogP contribution in [-0.4, -0.2) is 29.2 Å². The first kappa shape index (κ1) is 8.20. The van der Waals surface area contributed by atoms with Gasteiger partial charge in [0.25, 0.3) is 0 Å². The quantitative estimate of drug-likeness (QED) is 0.578. The molecule has 3 heteroatoms. The normalized spacial score (nSPS) is 40.7. The molecular formula is C9H14O3. The van der Waals surface area contributed by atoms with E-state index < -0.39 is 0 Å². The van der Waals surface area contributed by atoms with Gasteiger partial charge in [-0.3, -0.25) is 4.79 Å². The summed E-state index contributed by atoms with van der Waals surface area (Å²) < 4.78 is 10.5. The van der Waals surface area contributed by atoms with Gasteiger partial charge in [0.2, 0.25) is 0 Å². The van der Waals surface area contributed by atoms with E-state index in [2.05, 4.69) is 0 Å². The second-order valence-corrected chi connectivity index (χ2v) is 4.61. The van der Waals surface area contributed by atoms with Crippen molar-refractivity contribution in [3.05, 3.63) is 0 Å².